The lowest BCUT2D eigenvalue weighted by Gasteiger charge is -2.21. The molecule has 0 aliphatic rings. The predicted molar refractivity (Wildman–Crippen MR) is 110 cm³/mol. The fourth-order valence-electron chi connectivity index (χ4n) is 3.28. The van der Waals surface area contributed by atoms with Gasteiger partial charge in [-0.3, -0.25) is 14.8 Å². The summed E-state index contributed by atoms with van der Waals surface area (Å²) >= 11 is 0. The Labute approximate surface area is 164 Å². The third kappa shape index (κ3) is 4.15. The third-order valence-corrected chi connectivity index (χ3v) is 5.36. The summed E-state index contributed by atoms with van der Waals surface area (Å²) in [4.78, 5) is 24.4. The number of nitrogens with zero attached hydrogens (tertiary/aromatic N) is 1. The molecule has 0 spiro atoms. The molecule has 146 valence electrons. The van der Waals surface area contributed by atoms with E-state index in [1.807, 2.05) is 42.6 Å². The highest BCUT2D eigenvalue weighted by molar-refractivity contribution is 6.08. The maximum Gasteiger partial charge on any atom is 0.274 e. The number of benzene rings is 2. The van der Waals surface area contributed by atoms with Crippen LogP contribution >= 0.6 is 0 Å². The molecule has 0 aliphatic carbocycles. The first kappa shape index (κ1) is 19.8. The van der Waals surface area contributed by atoms with Crippen molar-refractivity contribution in [3.8, 4) is 0 Å². The van der Waals surface area contributed by atoms with Gasteiger partial charge in [0.15, 0.2) is 5.78 Å². The smallest absolute Gasteiger partial charge is 0.274 e. The van der Waals surface area contributed by atoms with Crippen LogP contribution in [-0.4, -0.2) is 21.5 Å². The lowest BCUT2D eigenvalue weighted by atomic mass is 9.83. The van der Waals surface area contributed by atoms with Gasteiger partial charge >= 0.3 is 0 Å². The average molecular weight is 378 g/mol. The number of carbonyl (C=O) groups excluding carboxylic acids is 2. The van der Waals surface area contributed by atoms with Crippen molar-refractivity contribution < 1.29 is 14.8 Å². The van der Waals surface area contributed by atoms with E-state index in [1.54, 1.807) is 17.6 Å². The number of nitrogens with one attached hydrogen (secondary N) is 1. The minimum Gasteiger partial charge on any atom is -0.342 e. The molecule has 0 fully saturated rings. The molecular weight excluding hydrogens is 352 g/mol. The summed E-state index contributed by atoms with van der Waals surface area (Å²) < 4.78 is 2.07. The standard InChI is InChI=1S/C23H26N2O3/c1-4-23(2,3)13-21(26)19-15-25(20-8-6-5-7-18(19)20)14-16-9-11-17(12-10-16)22(27)24-28/h5-12,15,28H,4,13-14H2,1-3H3,(H,24,27). The minimum atomic E-state index is -0.538. The van der Waals surface area contributed by atoms with Crippen LogP contribution in [0.5, 0.6) is 0 Å². The van der Waals surface area contributed by atoms with E-state index in [-0.39, 0.29) is 11.2 Å². The number of fused-ring (bicyclic) bond motifs is 1. The van der Waals surface area contributed by atoms with E-state index < -0.39 is 5.91 Å². The molecule has 3 aromatic rings. The number of para-hydroxylation sites is 1. The lowest BCUT2D eigenvalue weighted by Crippen LogP contribution is -2.18. The van der Waals surface area contributed by atoms with Gasteiger partial charge in [0.1, 0.15) is 0 Å². The number of rotatable bonds is 7. The van der Waals surface area contributed by atoms with Crippen molar-refractivity contribution >= 4 is 22.6 Å². The van der Waals surface area contributed by atoms with Gasteiger partial charge in [0.25, 0.3) is 5.91 Å². The van der Waals surface area contributed by atoms with E-state index in [1.165, 1.54) is 0 Å². The molecule has 5 nitrogen and oxygen atoms in total. The van der Waals surface area contributed by atoms with E-state index in [9.17, 15) is 9.59 Å². The van der Waals surface area contributed by atoms with Crippen molar-refractivity contribution in [3.05, 3.63) is 71.4 Å². The highest BCUT2D eigenvalue weighted by Gasteiger charge is 2.23. The Morgan fingerprint density at radius 2 is 1.75 bits per heavy atom. The first-order chi connectivity index (χ1) is 13.3. The Morgan fingerprint density at radius 3 is 2.39 bits per heavy atom. The van der Waals surface area contributed by atoms with Crippen molar-refractivity contribution in [2.75, 3.05) is 0 Å². The summed E-state index contributed by atoms with van der Waals surface area (Å²) in [6.45, 7) is 6.94. The molecule has 0 atom stereocenters. The Bertz CT molecular complexity index is 1000. The van der Waals surface area contributed by atoms with Crippen LogP contribution in [0.3, 0.4) is 0 Å². The second kappa shape index (κ2) is 7.98. The molecule has 0 unspecified atom stereocenters. The molecule has 28 heavy (non-hydrogen) atoms. The van der Waals surface area contributed by atoms with Crippen molar-refractivity contribution in [2.24, 2.45) is 5.41 Å². The third-order valence-electron chi connectivity index (χ3n) is 5.36. The van der Waals surface area contributed by atoms with E-state index in [2.05, 4.69) is 25.3 Å². The van der Waals surface area contributed by atoms with Crippen molar-refractivity contribution in [2.45, 2.75) is 40.2 Å². The van der Waals surface area contributed by atoms with Gasteiger partial charge in [0, 0.05) is 41.2 Å². The number of hydrogen-bond donors (Lipinski definition) is 2. The average Bonchev–Trinajstić information content (AvgIpc) is 3.06. The fraction of sp³-hybridized carbons (Fsp3) is 0.304. The quantitative estimate of drug-likeness (QED) is 0.352. The van der Waals surface area contributed by atoms with Gasteiger partial charge in [-0.1, -0.05) is 57.5 Å². The number of hydroxylamine groups is 1. The summed E-state index contributed by atoms with van der Waals surface area (Å²) in [6, 6.07) is 15.0. The summed E-state index contributed by atoms with van der Waals surface area (Å²) in [5.74, 6) is -0.374. The monoisotopic (exact) mass is 378 g/mol. The molecule has 1 amide bonds. The van der Waals surface area contributed by atoms with Crippen molar-refractivity contribution in [1.82, 2.24) is 10.0 Å². The van der Waals surface area contributed by atoms with Crippen LogP contribution < -0.4 is 5.48 Å². The van der Waals surface area contributed by atoms with E-state index >= 15 is 0 Å². The summed E-state index contributed by atoms with van der Waals surface area (Å²) in [5.41, 5.74) is 4.77. The van der Waals surface area contributed by atoms with Gasteiger partial charge in [0.2, 0.25) is 0 Å². The number of hydrogen-bond acceptors (Lipinski definition) is 3. The molecule has 5 heteroatoms. The molecule has 0 saturated heterocycles. The van der Waals surface area contributed by atoms with E-state index in [4.69, 9.17) is 5.21 Å². The first-order valence-corrected chi connectivity index (χ1v) is 9.49. The van der Waals surface area contributed by atoms with Crippen LogP contribution in [0.4, 0.5) is 0 Å². The van der Waals surface area contributed by atoms with Gasteiger partial charge in [0.05, 0.1) is 0 Å². The number of amides is 1. The second-order valence-electron chi connectivity index (χ2n) is 7.94. The fourth-order valence-corrected chi connectivity index (χ4v) is 3.28. The van der Waals surface area contributed by atoms with Crippen LogP contribution in [0, 0.1) is 5.41 Å². The number of carbonyl (C=O) groups is 2. The SMILES string of the molecule is CCC(C)(C)CC(=O)c1cn(Cc2ccc(C(=O)NO)cc2)c2ccccc12. The van der Waals surface area contributed by atoms with Crippen LogP contribution in [0.2, 0.25) is 0 Å². The Morgan fingerprint density at radius 1 is 1.07 bits per heavy atom. The first-order valence-electron chi connectivity index (χ1n) is 9.49. The molecular formula is C23H26N2O3. The number of Topliss-reactive ketones (excluding diaryl/α,β-unsaturated/α-hetero) is 1. The molecule has 2 aromatic carbocycles. The zero-order valence-electron chi connectivity index (χ0n) is 16.5. The lowest BCUT2D eigenvalue weighted by molar-refractivity contribution is 0.0706. The molecule has 2 N–H and O–H groups in total. The second-order valence-corrected chi connectivity index (χ2v) is 7.94. The van der Waals surface area contributed by atoms with Crippen LogP contribution in [0.1, 0.15) is 59.9 Å². The highest BCUT2D eigenvalue weighted by atomic mass is 16.5. The molecule has 1 heterocycles. The highest BCUT2D eigenvalue weighted by Crippen LogP contribution is 2.30. The maximum absolute atomic E-state index is 13.0. The maximum atomic E-state index is 13.0. The Kier molecular flexibility index (Phi) is 5.66. The van der Waals surface area contributed by atoms with Gasteiger partial charge in [-0.25, -0.2) is 5.48 Å². The van der Waals surface area contributed by atoms with Gasteiger partial charge in [-0.2, -0.15) is 0 Å². The largest absolute Gasteiger partial charge is 0.342 e. The zero-order valence-corrected chi connectivity index (χ0v) is 16.5. The summed E-state index contributed by atoms with van der Waals surface area (Å²) in [5, 5.41) is 9.70. The summed E-state index contributed by atoms with van der Waals surface area (Å²) in [7, 11) is 0. The summed E-state index contributed by atoms with van der Waals surface area (Å²) in [6.07, 6.45) is 3.40. The van der Waals surface area contributed by atoms with Crippen LogP contribution in [0.25, 0.3) is 10.9 Å². The van der Waals surface area contributed by atoms with Gasteiger partial charge < -0.3 is 4.57 Å². The molecule has 3 rings (SSSR count). The van der Waals surface area contributed by atoms with Gasteiger partial charge in [-0.05, 0) is 29.2 Å². The topological polar surface area (TPSA) is 71.3 Å². The molecule has 1 aromatic heterocycles. The van der Waals surface area contributed by atoms with Crippen LogP contribution in [0.15, 0.2) is 54.7 Å². The minimum absolute atomic E-state index is 0.0244. The van der Waals surface area contributed by atoms with Crippen LogP contribution in [-0.2, 0) is 6.54 Å². The number of ketones is 1. The predicted octanol–water partition coefficient (Wildman–Crippen LogP) is 4.82. The normalized spacial score (nSPS) is 11.6. The van der Waals surface area contributed by atoms with Crippen molar-refractivity contribution in [3.63, 3.8) is 0 Å². The van der Waals surface area contributed by atoms with Gasteiger partial charge in [-0.15, -0.1) is 0 Å². The molecule has 0 bridgehead atoms. The molecule has 0 radical (unpaired) electrons. The molecule has 0 saturated carbocycles. The molecule has 0 aliphatic heterocycles. The van der Waals surface area contributed by atoms with E-state index in [0.29, 0.717) is 18.5 Å². The Hall–Kier alpha value is -2.92. The zero-order chi connectivity index (χ0) is 20.3. The Balaban J connectivity index is 1.92. The van der Waals surface area contributed by atoms with Crippen molar-refractivity contribution in [1.29, 1.82) is 0 Å². The van der Waals surface area contributed by atoms with E-state index in [0.717, 1.165) is 28.5 Å². The number of aromatic nitrogens is 1.